The molecule has 2 aromatic rings. The van der Waals surface area contributed by atoms with Gasteiger partial charge in [-0.05, 0) is 25.5 Å². The third-order valence-electron chi connectivity index (χ3n) is 3.50. The lowest BCUT2D eigenvalue weighted by atomic mass is 10.2. The number of hydrogen-bond donors (Lipinski definition) is 0. The molecule has 0 aliphatic carbocycles. The van der Waals surface area contributed by atoms with E-state index in [1.54, 1.807) is 0 Å². The van der Waals surface area contributed by atoms with Gasteiger partial charge in [-0.1, -0.05) is 0 Å². The summed E-state index contributed by atoms with van der Waals surface area (Å²) in [5.74, 6) is 2.71. The molecule has 1 atom stereocenters. The van der Waals surface area contributed by atoms with Crippen molar-refractivity contribution < 1.29 is 0 Å². The van der Waals surface area contributed by atoms with Gasteiger partial charge in [0.15, 0.2) is 5.65 Å². The Kier molecular flexibility index (Phi) is 3.28. The van der Waals surface area contributed by atoms with E-state index in [1.165, 1.54) is 18.6 Å². The fourth-order valence-electron chi connectivity index (χ4n) is 2.67. The molecule has 1 aliphatic heterocycles. The fourth-order valence-corrected chi connectivity index (χ4v) is 4.12. The number of nitrogens with zero attached hydrogens (tertiary/aromatic N) is 4. The molecule has 1 unspecified atom stereocenters. The topological polar surface area (TPSA) is 35.6 Å². The number of imidazole rings is 1. The standard InChI is InChI=1S/C12H17ClN4S/c1-8-11-12(16(2)15-8)17(10(6-13)14-11)7-9-4-3-5-18-9/h9H,3-7H2,1-2H3. The van der Waals surface area contributed by atoms with E-state index in [2.05, 4.69) is 26.4 Å². The molecule has 0 saturated carbocycles. The van der Waals surface area contributed by atoms with Crippen LogP contribution in [0.5, 0.6) is 0 Å². The number of hydrogen-bond acceptors (Lipinski definition) is 3. The van der Waals surface area contributed by atoms with E-state index in [0.717, 1.165) is 29.2 Å². The zero-order chi connectivity index (χ0) is 12.7. The largest absolute Gasteiger partial charge is 0.311 e. The average molecular weight is 285 g/mol. The summed E-state index contributed by atoms with van der Waals surface area (Å²) in [4.78, 5) is 4.63. The number of halogens is 1. The minimum atomic E-state index is 0.464. The molecule has 4 nitrogen and oxygen atoms in total. The molecule has 0 aromatic carbocycles. The van der Waals surface area contributed by atoms with Gasteiger partial charge in [-0.15, -0.1) is 11.6 Å². The number of aromatic nitrogens is 4. The zero-order valence-corrected chi connectivity index (χ0v) is 12.3. The number of fused-ring (bicyclic) bond motifs is 1. The minimum absolute atomic E-state index is 0.464. The zero-order valence-electron chi connectivity index (χ0n) is 10.7. The Morgan fingerprint density at radius 2 is 2.33 bits per heavy atom. The Morgan fingerprint density at radius 1 is 1.50 bits per heavy atom. The SMILES string of the molecule is Cc1nn(C)c2c1nc(CCl)n2CC1CCCS1. The van der Waals surface area contributed by atoms with E-state index in [9.17, 15) is 0 Å². The molecule has 0 amide bonds. The van der Waals surface area contributed by atoms with Gasteiger partial charge in [-0.3, -0.25) is 4.68 Å². The summed E-state index contributed by atoms with van der Waals surface area (Å²) in [6.45, 7) is 3.00. The molecule has 0 spiro atoms. The first-order valence-electron chi connectivity index (χ1n) is 6.27. The molecule has 0 bridgehead atoms. The third kappa shape index (κ3) is 1.93. The van der Waals surface area contributed by atoms with E-state index < -0.39 is 0 Å². The second kappa shape index (κ2) is 4.78. The normalized spacial score (nSPS) is 20.1. The monoisotopic (exact) mass is 284 g/mol. The summed E-state index contributed by atoms with van der Waals surface area (Å²) < 4.78 is 4.18. The van der Waals surface area contributed by atoms with Crippen LogP contribution in [0.25, 0.3) is 11.2 Å². The van der Waals surface area contributed by atoms with Crippen molar-refractivity contribution in [2.75, 3.05) is 5.75 Å². The van der Waals surface area contributed by atoms with Gasteiger partial charge in [0.1, 0.15) is 11.3 Å². The molecule has 1 saturated heterocycles. The van der Waals surface area contributed by atoms with Crippen molar-refractivity contribution in [3.8, 4) is 0 Å². The smallest absolute Gasteiger partial charge is 0.158 e. The Hall–Kier alpha value is -0.680. The van der Waals surface area contributed by atoms with Gasteiger partial charge < -0.3 is 4.57 Å². The van der Waals surface area contributed by atoms with Crippen molar-refractivity contribution in [3.63, 3.8) is 0 Å². The van der Waals surface area contributed by atoms with Crippen molar-refractivity contribution in [2.45, 2.75) is 37.4 Å². The summed E-state index contributed by atoms with van der Waals surface area (Å²) in [6, 6.07) is 0. The molecule has 3 heterocycles. The van der Waals surface area contributed by atoms with E-state index in [4.69, 9.17) is 11.6 Å². The lowest BCUT2D eigenvalue weighted by Crippen LogP contribution is -2.14. The van der Waals surface area contributed by atoms with Crippen LogP contribution in [-0.4, -0.2) is 30.3 Å². The second-order valence-corrected chi connectivity index (χ2v) is 6.46. The van der Waals surface area contributed by atoms with Crippen LogP contribution in [0.2, 0.25) is 0 Å². The Morgan fingerprint density at radius 3 is 3.00 bits per heavy atom. The summed E-state index contributed by atoms with van der Waals surface area (Å²) in [7, 11) is 1.98. The molecule has 1 aliphatic rings. The van der Waals surface area contributed by atoms with Gasteiger partial charge >= 0.3 is 0 Å². The van der Waals surface area contributed by atoms with Crippen LogP contribution in [-0.2, 0) is 19.5 Å². The van der Waals surface area contributed by atoms with E-state index in [-0.39, 0.29) is 0 Å². The molecule has 18 heavy (non-hydrogen) atoms. The summed E-state index contributed by atoms with van der Waals surface area (Å²) in [6.07, 6.45) is 2.62. The summed E-state index contributed by atoms with van der Waals surface area (Å²) >= 11 is 8.09. The van der Waals surface area contributed by atoms with E-state index in [0.29, 0.717) is 11.1 Å². The average Bonchev–Trinajstić information content (AvgIpc) is 3.01. The molecule has 3 rings (SSSR count). The maximum Gasteiger partial charge on any atom is 0.158 e. The van der Waals surface area contributed by atoms with Crippen molar-refractivity contribution in [3.05, 3.63) is 11.5 Å². The Balaban J connectivity index is 2.06. The van der Waals surface area contributed by atoms with Gasteiger partial charge in [0.2, 0.25) is 0 Å². The van der Waals surface area contributed by atoms with Gasteiger partial charge in [0.25, 0.3) is 0 Å². The Labute approximate surface area is 116 Å². The number of alkyl halides is 1. The molecular formula is C12H17ClN4S. The van der Waals surface area contributed by atoms with Crippen LogP contribution in [0.1, 0.15) is 24.4 Å². The van der Waals surface area contributed by atoms with Gasteiger partial charge in [-0.2, -0.15) is 16.9 Å². The third-order valence-corrected chi connectivity index (χ3v) is 5.12. The molecule has 2 aromatic heterocycles. The van der Waals surface area contributed by atoms with Gasteiger partial charge in [0.05, 0.1) is 11.6 Å². The molecule has 6 heteroatoms. The van der Waals surface area contributed by atoms with Crippen molar-refractivity contribution >= 4 is 34.5 Å². The summed E-state index contributed by atoms with van der Waals surface area (Å²) in [5.41, 5.74) is 3.09. The quantitative estimate of drug-likeness (QED) is 0.813. The molecular weight excluding hydrogens is 268 g/mol. The van der Waals surface area contributed by atoms with E-state index in [1.807, 2.05) is 18.7 Å². The maximum atomic E-state index is 6.03. The van der Waals surface area contributed by atoms with Crippen LogP contribution in [0, 0.1) is 6.92 Å². The summed E-state index contributed by atoms with van der Waals surface area (Å²) in [5, 5.41) is 5.14. The molecule has 98 valence electrons. The predicted molar refractivity (Wildman–Crippen MR) is 76.3 cm³/mol. The highest BCUT2D eigenvalue weighted by atomic mass is 35.5. The van der Waals surface area contributed by atoms with Crippen LogP contribution < -0.4 is 0 Å². The first-order chi connectivity index (χ1) is 8.70. The van der Waals surface area contributed by atoms with Crippen LogP contribution in [0.3, 0.4) is 0 Å². The lowest BCUT2D eigenvalue weighted by molar-refractivity contribution is 0.614. The van der Waals surface area contributed by atoms with Crippen LogP contribution in [0.15, 0.2) is 0 Å². The first kappa shape index (κ1) is 12.4. The van der Waals surface area contributed by atoms with Crippen molar-refractivity contribution in [1.82, 2.24) is 19.3 Å². The molecule has 0 N–H and O–H groups in total. The minimum Gasteiger partial charge on any atom is -0.311 e. The van der Waals surface area contributed by atoms with Gasteiger partial charge in [-0.25, -0.2) is 4.98 Å². The highest BCUT2D eigenvalue weighted by Crippen LogP contribution is 2.30. The highest BCUT2D eigenvalue weighted by molar-refractivity contribution is 8.00. The number of thioether (sulfide) groups is 1. The molecule has 0 radical (unpaired) electrons. The predicted octanol–water partition coefficient (Wildman–Crippen LogP) is 2.71. The second-order valence-electron chi connectivity index (χ2n) is 4.79. The maximum absolute atomic E-state index is 6.03. The Bertz CT molecular complexity index is 568. The highest BCUT2D eigenvalue weighted by Gasteiger charge is 2.22. The lowest BCUT2D eigenvalue weighted by Gasteiger charge is -2.12. The van der Waals surface area contributed by atoms with Crippen molar-refractivity contribution in [2.24, 2.45) is 7.05 Å². The van der Waals surface area contributed by atoms with Gasteiger partial charge in [0, 0.05) is 18.8 Å². The number of rotatable bonds is 3. The number of aryl methyl sites for hydroxylation is 2. The fraction of sp³-hybridized carbons (Fsp3) is 0.667. The van der Waals surface area contributed by atoms with Crippen LogP contribution >= 0.6 is 23.4 Å². The van der Waals surface area contributed by atoms with Crippen LogP contribution in [0.4, 0.5) is 0 Å². The van der Waals surface area contributed by atoms with Crippen molar-refractivity contribution in [1.29, 1.82) is 0 Å². The molecule has 1 fully saturated rings. The first-order valence-corrected chi connectivity index (χ1v) is 7.85. The van der Waals surface area contributed by atoms with E-state index >= 15 is 0 Å².